The Labute approximate surface area is 121 Å². The second-order valence-corrected chi connectivity index (χ2v) is 4.22. The van der Waals surface area contributed by atoms with Gasteiger partial charge in [0.2, 0.25) is 0 Å². The number of aromatic nitrogens is 1. The Morgan fingerprint density at radius 1 is 1.29 bits per heavy atom. The molecule has 0 amide bonds. The standard InChI is InChI=1S/C15H15NO5/c1-2-20-15(19)12-9-16(14(18)8-13(12)17)21-10-11-6-4-3-5-7-11/h3-9,17H,2,10H2,1H3. The van der Waals surface area contributed by atoms with E-state index in [4.69, 9.17) is 9.57 Å². The molecule has 0 aliphatic heterocycles. The van der Waals surface area contributed by atoms with Crippen LogP contribution in [0.1, 0.15) is 22.8 Å². The third kappa shape index (κ3) is 3.62. The second kappa shape index (κ2) is 6.60. The molecule has 0 saturated carbocycles. The van der Waals surface area contributed by atoms with Crippen molar-refractivity contribution in [2.24, 2.45) is 0 Å². The van der Waals surface area contributed by atoms with Crippen LogP contribution in [0.2, 0.25) is 0 Å². The van der Waals surface area contributed by atoms with Gasteiger partial charge in [-0.05, 0) is 12.5 Å². The van der Waals surface area contributed by atoms with Gasteiger partial charge in [-0.1, -0.05) is 30.3 Å². The van der Waals surface area contributed by atoms with E-state index in [1.165, 1.54) is 0 Å². The summed E-state index contributed by atoms with van der Waals surface area (Å²) in [5, 5.41) is 9.63. The molecule has 1 N–H and O–H groups in total. The smallest absolute Gasteiger partial charge is 0.343 e. The molecule has 2 aromatic rings. The highest BCUT2D eigenvalue weighted by atomic mass is 16.7. The lowest BCUT2D eigenvalue weighted by Crippen LogP contribution is -2.27. The van der Waals surface area contributed by atoms with Crippen LogP contribution < -0.4 is 10.4 Å². The van der Waals surface area contributed by atoms with Crippen molar-refractivity contribution in [3.63, 3.8) is 0 Å². The molecule has 1 aromatic heterocycles. The Bertz CT molecular complexity index is 678. The molecule has 0 spiro atoms. The first kappa shape index (κ1) is 14.6. The second-order valence-electron chi connectivity index (χ2n) is 4.22. The Hall–Kier alpha value is -2.76. The average Bonchev–Trinajstić information content (AvgIpc) is 2.47. The van der Waals surface area contributed by atoms with E-state index in [1.807, 2.05) is 30.3 Å². The van der Waals surface area contributed by atoms with Crippen molar-refractivity contribution in [3.8, 4) is 5.75 Å². The van der Waals surface area contributed by atoms with Crippen LogP contribution in [0.15, 0.2) is 47.4 Å². The van der Waals surface area contributed by atoms with Crippen LogP contribution in [0.25, 0.3) is 0 Å². The third-order valence-corrected chi connectivity index (χ3v) is 2.71. The topological polar surface area (TPSA) is 77.8 Å². The van der Waals surface area contributed by atoms with Gasteiger partial charge in [0.1, 0.15) is 17.9 Å². The summed E-state index contributed by atoms with van der Waals surface area (Å²) in [5.74, 6) is -1.15. The zero-order valence-corrected chi connectivity index (χ0v) is 11.5. The molecule has 0 atom stereocenters. The first-order chi connectivity index (χ1) is 10.1. The summed E-state index contributed by atoms with van der Waals surface area (Å²) in [6.45, 7) is 1.98. The van der Waals surface area contributed by atoms with Crippen LogP contribution in [0.3, 0.4) is 0 Å². The van der Waals surface area contributed by atoms with E-state index in [1.54, 1.807) is 6.92 Å². The minimum absolute atomic E-state index is 0.121. The number of aromatic hydroxyl groups is 1. The maximum absolute atomic E-state index is 11.7. The fraction of sp³-hybridized carbons (Fsp3) is 0.200. The van der Waals surface area contributed by atoms with Gasteiger partial charge < -0.3 is 14.7 Å². The number of pyridine rings is 1. The number of hydrogen-bond donors (Lipinski definition) is 1. The van der Waals surface area contributed by atoms with Gasteiger partial charge in [0.15, 0.2) is 0 Å². The van der Waals surface area contributed by atoms with Crippen LogP contribution in [-0.2, 0) is 11.3 Å². The quantitative estimate of drug-likeness (QED) is 0.841. The summed E-state index contributed by atoms with van der Waals surface area (Å²) >= 11 is 0. The number of carbonyl (C=O) groups excluding carboxylic acids is 1. The average molecular weight is 289 g/mol. The van der Waals surface area contributed by atoms with E-state index in [-0.39, 0.29) is 18.8 Å². The van der Waals surface area contributed by atoms with Gasteiger partial charge in [0, 0.05) is 6.07 Å². The van der Waals surface area contributed by atoms with Crippen LogP contribution in [0.4, 0.5) is 0 Å². The molecule has 0 saturated heterocycles. The van der Waals surface area contributed by atoms with Gasteiger partial charge in [-0.25, -0.2) is 4.79 Å². The van der Waals surface area contributed by atoms with E-state index in [0.717, 1.165) is 22.6 Å². The van der Waals surface area contributed by atoms with E-state index < -0.39 is 17.3 Å². The largest absolute Gasteiger partial charge is 0.507 e. The SMILES string of the molecule is CCOC(=O)c1cn(OCc2ccccc2)c(=O)cc1O. The molecule has 21 heavy (non-hydrogen) atoms. The summed E-state index contributed by atoms with van der Waals surface area (Å²) in [5.41, 5.74) is 0.177. The molecule has 6 nitrogen and oxygen atoms in total. The molecular weight excluding hydrogens is 274 g/mol. The van der Waals surface area contributed by atoms with Gasteiger partial charge in [0.05, 0.1) is 12.8 Å². The fourth-order valence-corrected chi connectivity index (χ4v) is 1.69. The van der Waals surface area contributed by atoms with Gasteiger partial charge in [-0.2, -0.15) is 4.73 Å². The van der Waals surface area contributed by atoms with Crippen molar-refractivity contribution in [2.75, 3.05) is 6.61 Å². The Morgan fingerprint density at radius 3 is 2.67 bits per heavy atom. The molecule has 0 bridgehead atoms. The Morgan fingerprint density at radius 2 is 2.00 bits per heavy atom. The summed E-state index contributed by atoms with van der Waals surface area (Å²) in [4.78, 5) is 28.7. The van der Waals surface area contributed by atoms with Crippen LogP contribution in [0.5, 0.6) is 5.75 Å². The molecule has 1 heterocycles. The molecule has 1 aromatic carbocycles. The summed E-state index contributed by atoms with van der Waals surface area (Å²) in [7, 11) is 0. The maximum Gasteiger partial charge on any atom is 0.343 e. The fourth-order valence-electron chi connectivity index (χ4n) is 1.69. The molecule has 2 rings (SSSR count). The molecule has 0 aliphatic carbocycles. The van der Waals surface area contributed by atoms with Crippen LogP contribution in [0, 0.1) is 0 Å². The molecule has 0 fully saturated rings. The summed E-state index contributed by atoms with van der Waals surface area (Å²) < 4.78 is 5.70. The molecule has 0 aliphatic rings. The molecular formula is C15H15NO5. The van der Waals surface area contributed by atoms with Gasteiger partial charge in [-0.3, -0.25) is 4.79 Å². The highest BCUT2D eigenvalue weighted by molar-refractivity contribution is 5.91. The Kier molecular flexibility index (Phi) is 4.61. The van der Waals surface area contributed by atoms with Crippen molar-refractivity contribution in [2.45, 2.75) is 13.5 Å². The zero-order chi connectivity index (χ0) is 15.2. The van der Waals surface area contributed by atoms with E-state index in [0.29, 0.717) is 0 Å². The predicted molar refractivity (Wildman–Crippen MR) is 75.0 cm³/mol. The first-order valence-electron chi connectivity index (χ1n) is 6.42. The van der Waals surface area contributed by atoms with E-state index in [2.05, 4.69) is 0 Å². The number of benzene rings is 1. The summed E-state index contributed by atoms with van der Waals surface area (Å²) in [6, 6.07) is 10.2. The molecule has 110 valence electrons. The number of nitrogens with zero attached hydrogens (tertiary/aromatic N) is 1. The Balaban J connectivity index is 2.21. The van der Waals surface area contributed by atoms with Crippen molar-refractivity contribution < 1.29 is 19.5 Å². The lowest BCUT2D eigenvalue weighted by atomic mass is 10.2. The minimum atomic E-state index is -0.716. The number of carbonyl (C=O) groups is 1. The first-order valence-corrected chi connectivity index (χ1v) is 6.42. The van der Waals surface area contributed by atoms with Gasteiger partial charge in [0.25, 0.3) is 5.56 Å². The van der Waals surface area contributed by atoms with Gasteiger partial charge in [-0.15, -0.1) is 0 Å². The summed E-state index contributed by atoms with van der Waals surface area (Å²) in [6.07, 6.45) is 1.12. The number of rotatable bonds is 5. The van der Waals surface area contributed by atoms with Crippen molar-refractivity contribution in [1.82, 2.24) is 4.73 Å². The van der Waals surface area contributed by atoms with Crippen molar-refractivity contribution in [3.05, 3.63) is 64.1 Å². The number of hydrogen-bond acceptors (Lipinski definition) is 5. The molecule has 0 unspecified atom stereocenters. The van der Waals surface area contributed by atoms with Gasteiger partial charge >= 0.3 is 5.97 Å². The lowest BCUT2D eigenvalue weighted by molar-refractivity contribution is 0.0507. The molecule has 6 heteroatoms. The minimum Gasteiger partial charge on any atom is -0.507 e. The highest BCUT2D eigenvalue weighted by Crippen LogP contribution is 2.14. The van der Waals surface area contributed by atoms with E-state index >= 15 is 0 Å². The maximum atomic E-state index is 11.7. The number of ether oxygens (including phenoxy) is 1. The third-order valence-electron chi connectivity index (χ3n) is 2.71. The van der Waals surface area contributed by atoms with E-state index in [9.17, 15) is 14.7 Å². The lowest BCUT2D eigenvalue weighted by Gasteiger charge is -2.10. The normalized spacial score (nSPS) is 10.1. The monoisotopic (exact) mass is 289 g/mol. The number of esters is 1. The molecule has 0 radical (unpaired) electrons. The van der Waals surface area contributed by atoms with Crippen molar-refractivity contribution >= 4 is 5.97 Å². The van der Waals surface area contributed by atoms with Crippen molar-refractivity contribution in [1.29, 1.82) is 0 Å². The van der Waals surface area contributed by atoms with Crippen LogP contribution >= 0.6 is 0 Å². The highest BCUT2D eigenvalue weighted by Gasteiger charge is 2.15. The van der Waals surface area contributed by atoms with Crippen LogP contribution in [-0.4, -0.2) is 22.4 Å². The zero-order valence-electron chi connectivity index (χ0n) is 11.5. The predicted octanol–water partition coefficient (Wildman–Crippen LogP) is 1.36.